The molecule has 1 heterocycles. The van der Waals surface area contributed by atoms with Gasteiger partial charge in [-0.05, 0) is 30.5 Å². The highest BCUT2D eigenvalue weighted by molar-refractivity contribution is 5.94. The molecule has 1 aliphatic heterocycles. The molecule has 0 radical (unpaired) electrons. The molecule has 0 bridgehead atoms. The van der Waals surface area contributed by atoms with E-state index < -0.39 is 35.0 Å². The topological polar surface area (TPSA) is 58.6 Å². The molecule has 8 heteroatoms. The standard InChI is InChI=1S/C20H19F3N2O3/c21-16-7-6-15(17(22)18(16)23)19(26)25-10-8-14(9-11-25)24-20(27)28-12-13-4-2-1-3-5-13/h1-7,14H,8-12H2,(H,24,27). The number of piperidine rings is 1. The molecule has 1 saturated heterocycles. The van der Waals surface area contributed by atoms with Crippen LogP contribution in [0.1, 0.15) is 28.8 Å². The number of carbonyl (C=O) groups is 2. The first-order valence-corrected chi connectivity index (χ1v) is 8.85. The quantitative estimate of drug-likeness (QED) is 0.809. The maximum Gasteiger partial charge on any atom is 0.407 e. The van der Waals surface area contributed by atoms with Gasteiger partial charge in [-0.2, -0.15) is 0 Å². The number of halogens is 3. The largest absolute Gasteiger partial charge is 0.445 e. The molecule has 0 spiro atoms. The molecular formula is C20H19F3N2O3. The number of benzene rings is 2. The van der Waals surface area contributed by atoms with E-state index in [1.807, 2.05) is 30.3 Å². The number of hydrogen-bond donors (Lipinski definition) is 1. The SMILES string of the molecule is O=C(NC1CCN(C(=O)c2ccc(F)c(F)c2F)CC1)OCc1ccccc1. The maximum atomic E-state index is 13.8. The van der Waals surface area contributed by atoms with Crippen LogP contribution in [0.5, 0.6) is 0 Å². The van der Waals surface area contributed by atoms with Crippen molar-refractivity contribution in [3.63, 3.8) is 0 Å². The summed E-state index contributed by atoms with van der Waals surface area (Å²) >= 11 is 0. The second kappa shape index (κ2) is 8.77. The van der Waals surface area contributed by atoms with Gasteiger partial charge in [0, 0.05) is 19.1 Å². The Morgan fingerprint density at radius 3 is 2.36 bits per heavy atom. The van der Waals surface area contributed by atoms with Crippen LogP contribution in [-0.2, 0) is 11.3 Å². The number of carbonyl (C=O) groups excluding carboxylic acids is 2. The highest BCUT2D eigenvalue weighted by atomic mass is 19.2. The molecule has 5 nitrogen and oxygen atoms in total. The van der Waals surface area contributed by atoms with Crippen molar-refractivity contribution in [2.45, 2.75) is 25.5 Å². The van der Waals surface area contributed by atoms with E-state index in [-0.39, 0.29) is 25.7 Å². The lowest BCUT2D eigenvalue weighted by Gasteiger charge is -2.32. The fourth-order valence-corrected chi connectivity index (χ4v) is 3.02. The summed E-state index contributed by atoms with van der Waals surface area (Å²) in [7, 11) is 0. The van der Waals surface area contributed by atoms with Crippen LogP contribution < -0.4 is 5.32 Å². The highest BCUT2D eigenvalue weighted by Gasteiger charge is 2.28. The van der Waals surface area contributed by atoms with Gasteiger partial charge in [-0.1, -0.05) is 30.3 Å². The minimum atomic E-state index is -1.66. The lowest BCUT2D eigenvalue weighted by atomic mass is 10.0. The summed E-state index contributed by atoms with van der Waals surface area (Å²) in [5, 5.41) is 2.73. The van der Waals surface area contributed by atoms with E-state index in [4.69, 9.17) is 4.74 Å². The van der Waals surface area contributed by atoms with Gasteiger partial charge in [-0.25, -0.2) is 18.0 Å². The molecule has 1 N–H and O–H groups in total. The molecule has 148 valence electrons. The van der Waals surface area contributed by atoms with Crippen LogP contribution in [0.3, 0.4) is 0 Å². The molecule has 0 aliphatic carbocycles. The van der Waals surface area contributed by atoms with E-state index in [1.165, 1.54) is 4.90 Å². The van der Waals surface area contributed by atoms with Crippen molar-refractivity contribution in [1.82, 2.24) is 10.2 Å². The average Bonchev–Trinajstić information content (AvgIpc) is 2.71. The second-order valence-corrected chi connectivity index (χ2v) is 6.50. The Morgan fingerprint density at radius 2 is 1.68 bits per heavy atom. The van der Waals surface area contributed by atoms with E-state index in [9.17, 15) is 22.8 Å². The zero-order chi connectivity index (χ0) is 20.1. The summed E-state index contributed by atoms with van der Waals surface area (Å²) in [6.45, 7) is 0.654. The molecular weight excluding hydrogens is 373 g/mol. The number of rotatable bonds is 4. The Bertz CT molecular complexity index is 853. The summed E-state index contributed by atoms with van der Waals surface area (Å²) in [6.07, 6.45) is 0.329. The first kappa shape index (κ1) is 19.7. The minimum Gasteiger partial charge on any atom is -0.445 e. The molecule has 3 rings (SSSR count). The van der Waals surface area contributed by atoms with E-state index >= 15 is 0 Å². The van der Waals surface area contributed by atoms with Crippen molar-refractivity contribution >= 4 is 12.0 Å². The molecule has 1 fully saturated rings. The van der Waals surface area contributed by atoms with Crippen LogP contribution in [0.2, 0.25) is 0 Å². The molecule has 0 unspecified atom stereocenters. The lowest BCUT2D eigenvalue weighted by molar-refractivity contribution is 0.0694. The van der Waals surface area contributed by atoms with E-state index in [2.05, 4.69) is 5.32 Å². The van der Waals surface area contributed by atoms with Crippen LogP contribution in [0, 0.1) is 17.5 Å². The Balaban J connectivity index is 1.48. The zero-order valence-electron chi connectivity index (χ0n) is 15.0. The van der Waals surface area contributed by atoms with Crippen LogP contribution in [0.4, 0.5) is 18.0 Å². The van der Waals surface area contributed by atoms with Gasteiger partial charge >= 0.3 is 6.09 Å². The molecule has 0 aromatic heterocycles. The van der Waals surface area contributed by atoms with E-state index in [1.54, 1.807) is 0 Å². The summed E-state index contributed by atoms with van der Waals surface area (Å²) in [4.78, 5) is 25.6. The summed E-state index contributed by atoms with van der Waals surface area (Å²) in [5.74, 6) is -5.20. The summed E-state index contributed by atoms with van der Waals surface area (Å²) < 4.78 is 45.3. The highest BCUT2D eigenvalue weighted by Crippen LogP contribution is 2.19. The van der Waals surface area contributed by atoms with Gasteiger partial charge in [0.1, 0.15) is 6.61 Å². The van der Waals surface area contributed by atoms with E-state index in [0.717, 1.165) is 17.7 Å². The van der Waals surface area contributed by atoms with Gasteiger partial charge in [0.05, 0.1) is 5.56 Å². The molecule has 0 saturated carbocycles. The molecule has 0 atom stereocenters. The third-order valence-corrected chi connectivity index (χ3v) is 4.58. The van der Waals surface area contributed by atoms with Crippen LogP contribution in [0.25, 0.3) is 0 Å². The van der Waals surface area contributed by atoms with Crippen molar-refractivity contribution in [2.24, 2.45) is 0 Å². The predicted octanol–water partition coefficient (Wildman–Crippen LogP) is 3.63. The van der Waals surface area contributed by atoms with Crippen LogP contribution >= 0.6 is 0 Å². The van der Waals surface area contributed by atoms with Gasteiger partial charge in [0.2, 0.25) is 0 Å². The number of alkyl carbamates (subject to hydrolysis) is 1. The first-order valence-electron chi connectivity index (χ1n) is 8.85. The van der Waals surface area contributed by atoms with Gasteiger partial charge in [-0.3, -0.25) is 4.79 Å². The van der Waals surface area contributed by atoms with Crippen LogP contribution in [0.15, 0.2) is 42.5 Å². The van der Waals surface area contributed by atoms with Crippen molar-refractivity contribution in [3.05, 3.63) is 71.0 Å². The van der Waals surface area contributed by atoms with Crippen LogP contribution in [-0.4, -0.2) is 36.0 Å². The van der Waals surface area contributed by atoms with Gasteiger partial charge in [0.15, 0.2) is 17.5 Å². The van der Waals surface area contributed by atoms with Gasteiger partial charge < -0.3 is 15.0 Å². The summed E-state index contributed by atoms with van der Waals surface area (Å²) in [5.41, 5.74) is 0.360. The third kappa shape index (κ3) is 4.62. The fraction of sp³-hybridized carbons (Fsp3) is 0.300. The van der Waals surface area contributed by atoms with Crippen molar-refractivity contribution in [1.29, 1.82) is 0 Å². The Kier molecular flexibility index (Phi) is 6.18. The Hall–Kier alpha value is -3.03. The molecule has 1 aliphatic rings. The molecule has 2 amide bonds. The average molecular weight is 392 g/mol. The predicted molar refractivity (Wildman–Crippen MR) is 95.0 cm³/mol. The first-order chi connectivity index (χ1) is 13.5. The Morgan fingerprint density at radius 1 is 1.00 bits per heavy atom. The Labute approximate surface area is 160 Å². The van der Waals surface area contributed by atoms with Gasteiger partial charge in [-0.15, -0.1) is 0 Å². The van der Waals surface area contributed by atoms with E-state index in [0.29, 0.717) is 12.8 Å². The van der Waals surface area contributed by atoms with Crippen molar-refractivity contribution in [2.75, 3.05) is 13.1 Å². The third-order valence-electron chi connectivity index (χ3n) is 4.58. The number of amides is 2. The molecule has 2 aromatic carbocycles. The van der Waals surface area contributed by atoms with Crippen molar-refractivity contribution in [3.8, 4) is 0 Å². The number of likely N-dealkylation sites (tertiary alicyclic amines) is 1. The number of ether oxygens (including phenoxy) is 1. The monoisotopic (exact) mass is 392 g/mol. The fourth-order valence-electron chi connectivity index (χ4n) is 3.02. The minimum absolute atomic E-state index is 0.152. The smallest absolute Gasteiger partial charge is 0.407 e. The lowest BCUT2D eigenvalue weighted by Crippen LogP contribution is -2.46. The number of nitrogens with one attached hydrogen (secondary N) is 1. The normalized spacial score (nSPS) is 14.6. The number of hydrogen-bond acceptors (Lipinski definition) is 3. The maximum absolute atomic E-state index is 13.8. The zero-order valence-corrected chi connectivity index (χ0v) is 15.0. The molecule has 2 aromatic rings. The van der Waals surface area contributed by atoms with Gasteiger partial charge in [0.25, 0.3) is 5.91 Å². The number of nitrogens with zero attached hydrogens (tertiary/aromatic N) is 1. The van der Waals surface area contributed by atoms with Crippen molar-refractivity contribution < 1.29 is 27.5 Å². The second-order valence-electron chi connectivity index (χ2n) is 6.50. The summed E-state index contributed by atoms with van der Waals surface area (Å²) in [6, 6.07) is 10.7. The molecule has 28 heavy (non-hydrogen) atoms.